The fourth-order valence-corrected chi connectivity index (χ4v) is 4.03. The highest BCUT2D eigenvalue weighted by atomic mass is 16.5. The first kappa shape index (κ1) is 12.9. The number of fused-ring (bicyclic) bond motifs is 2. The molecule has 2 nitrogen and oxygen atoms in total. The summed E-state index contributed by atoms with van der Waals surface area (Å²) in [6.45, 7) is 7.90. The van der Waals surface area contributed by atoms with Gasteiger partial charge in [0, 0.05) is 17.5 Å². The molecule has 2 bridgehead atoms. The van der Waals surface area contributed by atoms with Crippen LogP contribution in [0.2, 0.25) is 0 Å². The molecule has 3 rings (SSSR count). The lowest BCUT2D eigenvalue weighted by Crippen LogP contribution is -2.43. The van der Waals surface area contributed by atoms with Crippen molar-refractivity contribution in [1.29, 1.82) is 0 Å². The van der Waals surface area contributed by atoms with Crippen LogP contribution in [-0.4, -0.2) is 6.61 Å². The maximum Gasteiger partial charge on any atom is 0.174 e. The van der Waals surface area contributed by atoms with Crippen LogP contribution in [0.25, 0.3) is 0 Å². The van der Waals surface area contributed by atoms with Gasteiger partial charge in [0.2, 0.25) is 0 Å². The van der Waals surface area contributed by atoms with Crippen molar-refractivity contribution in [2.24, 2.45) is 30.7 Å². The first-order valence-electron chi connectivity index (χ1n) is 7.33. The van der Waals surface area contributed by atoms with Gasteiger partial charge in [0.15, 0.2) is 12.4 Å². The molecule has 1 aliphatic carbocycles. The van der Waals surface area contributed by atoms with Gasteiger partial charge in [-0.3, -0.25) is 0 Å². The molecule has 1 aromatic rings. The fraction of sp³-hybridized carbons (Fsp3) is 0.588. The van der Waals surface area contributed by atoms with Gasteiger partial charge in [0.25, 0.3) is 0 Å². The second kappa shape index (κ2) is 4.75. The molecule has 1 aromatic heterocycles. The Labute approximate surface area is 116 Å². The fourth-order valence-electron chi connectivity index (χ4n) is 4.03. The first-order valence-corrected chi connectivity index (χ1v) is 7.33. The number of rotatable bonds is 1. The SMILES string of the molecule is CC1=C[C@H](C)[C@H]2CO[C@H](c3ccc[n+](C)c3)[C@@H]1[C@@H]2C. The summed E-state index contributed by atoms with van der Waals surface area (Å²) in [5.41, 5.74) is 2.81. The van der Waals surface area contributed by atoms with Gasteiger partial charge in [0.1, 0.15) is 7.05 Å². The highest BCUT2D eigenvalue weighted by Crippen LogP contribution is 2.49. The van der Waals surface area contributed by atoms with Crippen molar-refractivity contribution in [3.63, 3.8) is 0 Å². The van der Waals surface area contributed by atoms with Crippen molar-refractivity contribution in [2.45, 2.75) is 26.9 Å². The molecular formula is C17H24NO+. The molecular weight excluding hydrogens is 234 g/mol. The van der Waals surface area contributed by atoms with E-state index in [9.17, 15) is 0 Å². The predicted molar refractivity (Wildman–Crippen MR) is 75.4 cm³/mol. The zero-order chi connectivity index (χ0) is 13.6. The Bertz CT molecular complexity index is 508. The molecule has 0 N–H and O–H groups in total. The van der Waals surface area contributed by atoms with Gasteiger partial charge in [-0.1, -0.05) is 25.5 Å². The van der Waals surface area contributed by atoms with Crippen molar-refractivity contribution in [1.82, 2.24) is 0 Å². The molecule has 1 fully saturated rings. The summed E-state index contributed by atoms with van der Waals surface area (Å²) in [7, 11) is 2.07. The lowest BCUT2D eigenvalue weighted by Gasteiger charge is -2.47. The Morgan fingerprint density at radius 1 is 1.32 bits per heavy atom. The Balaban J connectivity index is 1.98. The molecule has 0 aromatic carbocycles. The van der Waals surface area contributed by atoms with E-state index in [1.807, 2.05) is 0 Å². The minimum Gasteiger partial charge on any atom is -0.372 e. The molecule has 5 atom stereocenters. The quantitative estimate of drug-likeness (QED) is 0.557. The summed E-state index contributed by atoms with van der Waals surface area (Å²) in [4.78, 5) is 0. The first-order chi connectivity index (χ1) is 9.08. The van der Waals surface area contributed by atoms with Crippen molar-refractivity contribution >= 4 is 0 Å². The predicted octanol–water partition coefficient (Wildman–Crippen LogP) is 3.05. The van der Waals surface area contributed by atoms with Gasteiger partial charge in [-0.05, 0) is 30.7 Å². The molecule has 2 heterocycles. The van der Waals surface area contributed by atoms with E-state index >= 15 is 0 Å². The van der Waals surface area contributed by atoms with E-state index < -0.39 is 0 Å². The smallest absolute Gasteiger partial charge is 0.174 e. The minimum atomic E-state index is 0.224. The Kier molecular flexibility index (Phi) is 3.22. The van der Waals surface area contributed by atoms with Crippen LogP contribution in [0.5, 0.6) is 0 Å². The van der Waals surface area contributed by atoms with E-state index in [1.165, 1.54) is 11.1 Å². The van der Waals surface area contributed by atoms with Crippen LogP contribution in [-0.2, 0) is 11.8 Å². The van der Waals surface area contributed by atoms with Crippen molar-refractivity contribution < 1.29 is 9.30 Å². The molecule has 0 radical (unpaired) electrons. The Morgan fingerprint density at radius 2 is 2.11 bits per heavy atom. The average Bonchev–Trinajstić information content (AvgIpc) is 2.35. The monoisotopic (exact) mass is 258 g/mol. The number of hydrogen-bond acceptors (Lipinski definition) is 1. The topological polar surface area (TPSA) is 13.1 Å². The van der Waals surface area contributed by atoms with Crippen LogP contribution in [0.4, 0.5) is 0 Å². The third-order valence-electron chi connectivity index (χ3n) is 5.05. The highest BCUT2D eigenvalue weighted by Gasteiger charge is 2.44. The summed E-state index contributed by atoms with van der Waals surface area (Å²) in [5.74, 6) is 2.59. The van der Waals surface area contributed by atoms with Crippen LogP contribution in [0, 0.1) is 23.7 Å². The minimum absolute atomic E-state index is 0.224. The van der Waals surface area contributed by atoms with E-state index in [0.717, 1.165) is 6.61 Å². The maximum absolute atomic E-state index is 6.24. The third kappa shape index (κ3) is 2.12. The average molecular weight is 258 g/mol. The van der Waals surface area contributed by atoms with Crippen LogP contribution < -0.4 is 4.57 Å². The lowest BCUT2D eigenvalue weighted by atomic mass is 9.65. The number of aryl methyl sites for hydroxylation is 1. The molecule has 2 aliphatic rings. The maximum atomic E-state index is 6.24. The molecule has 0 spiro atoms. The van der Waals surface area contributed by atoms with E-state index in [-0.39, 0.29) is 6.10 Å². The van der Waals surface area contributed by atoms with Crippen molar-refractivity contribution in [3.05, 3.63) is 41.7 Å². The summed E-state index contributed by atoms with van der Waals surface area (Å²) in [6, 6.07) is 4.31. The normalized spacial score (nSPS) is 37.9. The largest absolute Gasteiger partial charge is 0.372 e. The zero-order valence-electron chi connectivity index (χ0n) is 12.3. The lowest BCUT2D eigenvalue weighted by molar-refractivity contribution is -0.672. The highest BCUT2D eigenvalue weighted by molar-refractivity contribution is 5.22. The number of ether oxygens (including phenoxy) is 1. The second-order valence-electron chi connectivity index (χ2n) is 6.38. The summed E-state index contributed by atoms with van der Waals surface area (Å²) in [6.07, 6.45) is 6.96. The van der Waals surface area contributed by atoms with E-state index in [0.29, 0.717) is 23.7 Å². The number of hydrogen-bond donors (Lipinski definition) is 0. The number of pyridine rings is 1. The standard InChI is InChI=1S/C17H24NO/c1-11-8-12(2)16-13(3)15(11)10-19-17(16)14-6-5-7-18(4)9-14/h5-9,11,13,15-17H,10H2,1-4H3/q+1/t11-,13+,15+,16-,17+/m0/s1. The molecule has 102 valence electrons. The van der Waals surface area contributed by atoms with Crippen molar-refractivity contribution in [3.8, 4) is 0 Å². The Hall–Kier alpha value is -1.15. The number of aromatic nitrogens is 1. The molecule has 1 saturated heterocycles. The zero-order valence-corrected chi connectivity index (χ0v) is 12.3. The van der Waals surface area contributed by atoms with Gasteiger partial charge in [-0.25, -0.2) is 4.57 Å². The van der Waals surface area contributed by atoms with Gasteiger partial charge in [-0.15, -0.1) is 0 Å². The third-order valence-corrected chi connectivity index (χ3v) is 5.05. The van der Waals surface area contributed by atoms with Gasteiger partial charge < -0.3 is 4.74 Å². The van der Waals surface area contributed by atoms with Crippen LogP contribution in [0.3, 0.4) is 0 Å². The Morgan fingerprint density at radius 3 is 2.84 bits per heavy atom. The number of allylic oxidation sites excluding steroid dienone is 1. The van der Waals surface area contributed by atoms with Gasteiger partial charge in [0.05, 0.1) is 12.7 Å². The van der Waals surface area contributed by atoms with E-state index in [4.69, 9.17) is 4.74 Å². The van der Waals surface area contributed by atoms with Gasteiger partial charge in [-0.2, -0.15) is 0 Å². The second-order valence-corrected chi connectivity index (χ2v) is 6.38. The summed E-state index contributed by atoms with van der Waals surface area (Å²) < 4.78 is 8.35. The molecule has 0 amide bonds. The molecule has 1 aliphatic heterocycles. The van der Waals surface area contributed by atoms with E-state index in [2.05, 4.69) is 63.0 Å². The molecule has 0 saturated carbocycles. The molecule has 0 unspecified atom stereocenters. The molecule has 2 heteroatoms. The van der Waals surface area contributed by atoms with Gasteiger partial charge >= 0.3 is 0 Å². The summed E-state index contributed by atoms with van der Waals surface area (Å²) >= 11 is 0. The van der Waals surface area contributed by atoms with Crippen LogP contribution >= 0.6 is 0 Å². The molecule has 19 heavy (non-hydrogen) atoms. The van der Waals surface area contributed by atoms with E-state index in [1.54, 1.807) is 0 Å². The van der Waals surface area contributed by atoms with Crippen LogP contribution in [0.1, 0.15) is 32.4 Å². The van der Waals surface area contributed by atoms with Crippen molar-refractivity contribution in [2.75, 3.05) is 6.61 Å². The summed E-state index contributed by atoms with van der Waals surface area (Å²) in [5, 5.41) is 0. The number of nitrogens with zero attached hydrogens (tertiary/aromatic N) is 1. The van der Waals surface area contributed by atoms with Crippen LogP contribution in [0.15, 0.2) is 36.2 Å².